The minimum Gasteiger partial charge on any atom is -0.454 e. The van der Waals surface area contributed by atoms with Gasteiger partial charge in [-0.05, 0) is 35.7 Å². The van der Waals surface area contributed by atoms with Gasteiger partial charge in [0.05, 0.1) is 6.42 Å². The normalized spacial score (nSPS) is 21.7. The summed E-state index contributed by atoms with van der Waals surface area (Å²) < 4.78 is 18.0. The fraction of sp³-hybridized carbons (Fsp3) is 0.188. The van der Waals surface area contributed by atoms with Crippen molar-refractivity contribution in [2.24, 2.45) is 0 Å². The molecule has 96 valence electrons. The highest BCUT2D eigenvalue weighted by atomic mass is 19.1. The lowest BCUT2D eigenvalue weighted by molar-refractivity contribution is -0.190. The van der Waals surface area contributed by atoms with Crippen molar-refractivity contribution < 1.29 is 13.9 Å². The van der Waals surface area contributed by atoms with E-state index in [2.05, 4.69) is 0 Å². The molecule has 1 aliphatic rings. The molecule has 0 radical (unpaired) electrons. The highest BCUT2D eigenvalue weighted by Gasteiger charge is 2.42. The van der Waals surface area contributed by atoms with Crippen LogP contribution >= 0.6 is 0 Å². The molecule has 0 N–H and O–H groups in total. The Bertz CT molecular complexity index is 606. The lowest BCUT2D eigenvalue weighted by Gasteiger charge is -2.37. The number of halogens is 1. The van der Waals surface area contributed by atoms with Crippen LogP contribution in [0.25, 0.3) is 11.1 Å². The van der Waals surface area contributed by atoms with Crippen LogP contribution in [0.4, 0.5) is 4.39 Å². The van der Waals surface area contributed by atoms with Crippen molar-refractivity contribution in [3.63, 3.8) is 0 Å². The first-order valence-electron chi connectivity index (χ1n) is 6.15. The largest absolute Gasteiger partial charge is 0.454 e. The molecule has 1 atom stereocenters. The van der Waals surface area contributed by atoms with Gasteiger partial charge in [0.1, 0.15) is 11.4 Å². The Labute approximate surface area is 110 Å². The molecular weight excluding hydrogens is 243 g/mol. The molecule has 0 aromatic heterocycles. The molecule has 1 heterocycles. The van der Waals surface area contributed by atoms with Crippen LogP contribution in [0.2, 0.25) is 0 Å². The van der Waals surface area contributed by atoms with Crippen LogP contribution in [0, 0.1) is 5.82 Å². The smallest absolute Gasteiger partial charge is 0.311 e. The van der Waals surface area contributed by atoms with Crippen molar-refractivity contribution in [2.45, 2.75) is 18.9 Å². The Kier molecular flexibility index (Phi) is 2.63. The summed E-state index contributed by atoms with van der Waals surface area (Å²) in [5.74, 6) is -0.403. The third-order valence-corrected chi connectivity index (χ3v) is 3.49. The average Bonchev–Trinajstić information content (AvgIpc) is 2.38. The van der Waals surface area contributed by atoms with Crippen molar-refractivity contribution in [1.82, 2.24) is 0 Å². The average molecular weight is 256 g/mol. The molecule has 0 spiro atoms. The Morgan fingerprint density at radius 1 is 1.00 bits per heavy atom. The summed E-state index contributed by atoms with van der Waals surface area (Å²) in [6.45, 7) is 1.90. The van der Waals surface area contributed by atoms with Crippen molar-refractivity contribution >= 4 is 5.97 Å². The maximum atomic E-state index is 12.9. The van der Waals surface area contributed by atoms with Crippen molar-refractivity contribution in [3.8, 4) is 11.1 Å². The van der Waals surface area contributed by atoms with Gasteiger partial charge in [-0.15, -0.1) is 0 Å². The third-order valence-electron chi connectivity index (χ3n) is 3.49. The Hall–Kier alpha value is -2.16. The standard InChI is InChI=1S/C16H13FO2/c1-16(10-15(18)19-16)13-6-2-11(3-7-13)12-4-8-14(17)9-5-12/h2-9H,10H2,1H3. The van der Waals surface area contributed by atoms with E-state index in [-0.39, 0.29) is 11.8 Å². The van der Waals surface area contributed by atoms with E-state index in [9.17, 15) is 9.18 Å². The van der Waals surface area contributed by atoms with E-state index in [1.807, 2.05) is 31.2 Å². The third kappa shape index (κ3) is 2.12. The Morgan fingerprint density at radius 3 is 1.95 bits per heavy atom. The summed E-state index contributed by atoms with van der Waals surface area (Å²) in [5, 5.41) is 0. The van der Waals surface area contributed by atoms with Crippen LogP contribution in [0.5, 0.6) is 0 Å². The van der Waals surface area contributed by atoms with Gasteiger partial charge in [0, 0.05) is 0 Å². The predicted octanol–water partition coefficient (Wildman–Crippen LogP) is 3.65. The second-order valence-corrected chi connectivity index (χ2v) is 4.97. The molecule has 0 saturated carbocycles. The number of cyclic esters (lactones) is 1. The number of ether oxygens (including phenoxy) is 1. The lowest BCUT2D eigenvalue weighted by Crippen LogP contribution is -2.42. The van der Waals surface area contributed by atoms with Gasteiger partial charge in [-0.3, -0.25) is 4.79 Å². The zero-order chi connectivity index (χ0) is 13.5. The van der Waals surface area contributed by atoms with Crippen LogP contribution < -0.4 is 0 Å². The van der Waals surface area contributed by atoms with Gasteiger partial charge in [-0.2, -0.15) is 0 Å². The van der Waals surface area contributed by atoms with E-state index in [0.717, 1.165) is 16.7 Å². The Balaban J connectivity index is 1.87. The first kappa shape index (κ1) is 11.9. The maximum absolute atomic E-state index is 12.9. The number of carbonyl (C=O) groups excluding carboxylic acids is 1. The van der Waals surface area contributed by atoms with Crippen LogP contribution in [-0.4, -0.2) is 5.97 Å². The highest BCUT2D eigenvalue weighted by molar-refractivity contribution is 5.77. The summed E-state index contributed by atoms with van der Waals surface area (Å²) in [6.07, 6.45) is 0.420. The molecule has 0 amide bonds. The number of benzene rings is 2. The summed E-state index contributed by atoms with van der Waals surface area (Å²) in [7, 11) is 0. The molecule has 0 bridgehead atoms. The van der Waals surface area contributed by atoms with Crippen molar-refractivity contribution in [1.29, 1.82) is 0 Å². The van der Waals surface area contributed by atoms with E-state index in [1.54, 1.807) is 12.1 Å². The minimum atomic E-state index is -0.488. The topological polar surface area (TPSA) is 26.3 Å². The fourth-order valence-electron chi connectivity index (χ4n) is 2.34. The summed E-state index contributed by atoms with van der Waals surface area (Å²) in [6, 6.07) is 14.2. The molecular formula is C16H13FO2. The first-order valence-corrected chi connectivity index (χ1v) is 6.15. The minimum absolute atomic E-state index is 0.162. The van der Waals surface area contributed by atoms with Gasteiger partial charge in [-0.25, -0.2) is 4.39 Å². The first-order chi connectivity index (χ1) is 9.07. The SMILES string of the molecule is CC1(c2ccc(-c3ccc(F)cc3)cc2)CC(=O)O1. The summed E-state index contributed by atoms with van der Waals surface area (Å²) in [5.41, 5.74) is 2.47. The lowest BCUT2D eigenvalue weighted by atomic mass is 9.87. The molecule has 2 aromatic rings. The molecule has 3 heteroatoms. The number of hydrogen-bond donors (Lipinski definition) is 0. The van der Waals surface area contributed by atoms with Crippen LogP contribution in [-0.2, 0) is 15.1 Å². The Morgan fingerprint density at radius 2 is 1.47 bits per heavy atom. The quantitative estimate of drug-likeness (QED) is 0.766. The van der Waals surface area contributed by atoms with Gasteiger partial charge in [0.15, 0.2) is 0 Å². The van der Waals surface area contributed by atoms with E-state index in [1.165, 1.54) is 12.1 Å². The highest BCUT2D eigenvalue weighted by Crippen LogP contribution is 2.38. The second kappa shape index (κ2) is 4.19. The molecule has 2 aromatic carbocycles. The van der Waals surface area contributed by atoms with Crippen LogP contribution in [0.3, 0.4) is 0 Å². The molecule has 1 fully saturated rings. The van der Waals surface area contributed by atoms with E-state index < -0.39 is 5.60 Å². The molecule has 3 rings (SSSR count). The van der Waals surface area contributed by atoms with E-state index in [0.29, 0.717) is 6.42 Å². The van der Waals surface area contributed by atoms with Crippen molar-refractivity contribution in [2.75, 3.05) is 0 Å². The van der Waals surface area contributed by atoms with E-state index in [4.69, 9.17) is 4.74 Å². The van der Waals surface area contributed by atoms with Gasteiger partial charge >= 0.3 is 5.97 Å². The van der Waals surface area contributed by atoms with Crippen LogP contribution in [0.1, 0.15) is 18.9 Å². The number of hydrogen-bond acceptors (Lipinski definition) is 2. The van der Waals surface area contributed by atoms with Crippen LogP contribution in [0.15, 0.2) is 48.5 Å². The van der Waals surface area contributed by atoms with Gasteiger partial charge in [-0.1, -0.05) is 36.4 Å². The summed E-state index contributed by atoms with van der Waals surface area (Å²) >= 11 is 0. The number of rotatable bonds is 2. The maximum Gasteiger partial charge on any atom is 0.311 e. The summed E-state index contributed by atoms with van der Waals surface area (Å²) in [4.78, 5) is 11.0. The molecule has 1 saturated heterocycles. The number of esters is 1. The van der Waals surface area contributed by atoms with Gasteiger partial charge in [0.25, 0.3) is 0 Å². The molecule has 1 unspecified atom stereocenters. The van der Waals surface area contributed by atoms with Crippen molar-refractivity contribution in [3.05, 3.63) is 59.9 Å². The zero-order valence-corrected chi connectivity index (χ0v) is 10.5. The fourth-order valence-corrected chi connectivity index (χ4v) is 2.34. The van der Waals surface area contributed by atoms with Gasteiger partial charge < -0.3 is 4.74 Å². The molecule has 19 heavy (non-hydrogen) atoms. The predicted molar refractivity (Wildman–Crippen MR) is 69.9 cm³/mol. The van der Waals surface area contributed by atoms with E-state index >= 15 is 0 Å². The molecule has 1 aliphatic heterocycles. The second-order valence-electron chi connectivity index (χ2n) is 4.97. The number of carbonyl (C=O) groups is 1. The molecule has 2 nitrogen and oxygen atoms in total. The molecule has 0 aliphatic carbocycles. The van der Waals surface area contributed by atoms with Gasteiger partial charge in [0.2, 0.25) is 0 Å². The zero-order valence-electron chi connectivity index (χ0n) is 10.5. The monoisotopic (exact) mass is 256 g/mol.